The van der Waals surface area contributed by atoms with E-state index in [9.17, 15) is 4.79 Å². The molecule has 0 unspecified atom stereocenters. The number of methoxy groups -OCH3 is 1. The highest BCUT2D eigenvalue weighted by molar-refractivity contribution is 6.06. The van der Waals surface area contributed by atoms with Crippen molar-refractivity contribution in [2.24, 2.45) is 0 Å². The molecule has 0 fully saturated rings. The number of anilines is 1. The van der Waals surface area contributed by atoms with Crippen LogP contribution in [0.2, 0.25) is 0 Å². The van der Waals surface area contributed by atoms with Crippen LogP contribution in [0.1, 0.15) is 17.3 Å². The molecule has 2 rings (SSSR count). The number of carbonyl (C=O) groups is 1. The Morgan fingerprint density at radius 2 is 1.65 bits per heavy atom. The monoisotopic (exact) mass is 359 g/mol. The van der Waals surface area contributed by atoms with Crippen molar-refractivity contribution in [2.45, 2.75) is 6.92 Å². The molecule has 2 aromatic carbocycles. The average Bonchev–Trinajstić information content (AvgIpc) is 2.67. The van der Waals surface area contributed by atoms with Gasteiger partial charge in [-0.2, -0.15) is 0 Å². The number of carbonyl (C=O) groups excluding carboxylic acids is 1. The van der Waals surface area contributed by atoms with Crippen LogP contribution in [0.3, 0.4) is 0 Å². The molecule has 140 valence electrons. The van der Waals surface area contributed by atoms with Crippen LogP contribution in [0.25, 0.3) is 0 Å². The molecule has 0 aromatic heterocycles. The Morgan fingerprint density at radius 3 is 2.38 bits per heavy atom. The van der Waals surface area contributed by atoms with Gasteiger partial charge in [0, 0.05) is 19.4 Å². The van der Waals surface area contributed by atoms with Gasteiger partial charge in [0.1, 0.15) is 24.7 Å². The molecule has 0 heterocycles. The second-order valence-electron chi connectivity index (χ2n) is 5.36. The molecule has 0 saturated carbocycles. The van der Waals surface area contributed by atoms with Crippen LogP contribution in [0.15, 0.2) is 48.5 Å². The first-order valence-electron chi connectivity index (χ1n) is 8.57. The summed E-state index contributed by atoms with van der Waals surface area (Å²) in [5, 5.41) is 2.86. The second-order valence-corrected chi connectivity index (χ2v) is 5.36. The number of benzene rings is 2. The molecule has 6 nitrogen and oxygen atoms in total. The number of rotatable bonds is 11. The van der Waals surface area contributed by atoms with Crippen LogP contribution in [-0.4, -0.2) is 46.1 Å². The minimum atomic E-state index is -0.233. The number of hydrogen-bond acceptors (Lipinski definition) is 5. The van der Waals surface area contributed by atoms with E-state index in [1.807, 2.05) is 25.1 Å². The van der Waals surface area contributed by atoms with Gasteiger partial charge >= 0.3 is 0 Å². The molecule has 0 bridgehead atoms. The van der Waals surface area contributed by atoms with E-state index in [0.717, 1.165) is 5.75 Å². The van der Waals surface area contributed by atoms with Gasteiger partial charge in [0.15, 0.2) is 0 Å². The predicted octanol–water partition coefficient (Wildman–Crippen LogP) is 3.38. The van der Waals surface area contributed by atoms with Crippen LogP contribution in [0.5, 0.6) is 11.5 Å². The van der Waals surface area contributed by atoms with Crippen molar-refractivity contribution < 1.29 is 23.7 Å². The lowest BCUT2D eigenvalue weighted by Crippen LogP contribution is -2.14. The van der Waals surface area contributed by atoms with Gasteiger partial charge < -0.3 is 24.3 Å². The van der Waals surface area contributed by atoms with Crippen molar-refractivity contribution >= 4 is 11.6 Å². The van der Waals surface area contributed by atoms with Crippen molar-refractivity contribution in [3.63, 3.8) is 0 Å². The molecule has 1 N–H and O–H groups in total. The summed E-state index contributed by atoms with van der Waals surface area (Å²) in [5.74, 6) is 1.02. The van der Waals surface area contributed by atoms with Gasteiger partial charge in [-0.25, -0.2) is 0 Å². The fourth-order valence-corrected chi connectivity index (χ4v) is 2.21. The lowest BCUT2D eigenvalue weighted by Gasteiger charge is -2.12. The van der Waals surface area contributed by atoms with Crippen molar-refractivity contribution in [2.75, 3.05) is 45.5 Å². The van der Waals surface area contributed by atoms with E-state index in [1.54, 1.807) is 37.4 Å². The Hall–Kier alpha value is -2.57. The molecule has 2 aromatic rings. The lowest BCUT2D eigenvalue weighted by molar-refractivity contribution is 0.101. The Kier molecular flexibility index (Phi) is 8.45. The van der Waals surface area contributed by atoms with E-state index >= 15 is 0 Å². The van der Waals surface area contributed by atoms with Gasteiger partial charge in [-0.15, -0.1) is 0 Å². The number of ether oxygens (including phenoxy) is 4. The molecule has 0 saturated heterocycles. The van der Waals surface area contributed by atoms with Gasteiger partial charge in [-0.05, 0) is 43.3 Å². The van der Waals surface area contributed by atoms with Gasteiger partial charge in [-0.3, -0.25) is 4.79 Å². The minimum Gasteiger partial charge on any atom is -0.491 e. The standard InChI is InChI=1S/C20H25NO5/c1-3-24-13-15-25-17-10-8-16(9-11-17)21-20(22)18-6-4-5-7-19(18)26-14-12-23-2/h4-11H,3,12-15H2,1-2H3,(H,21,22). The van der Waals surface area contributed by atoms with Crippen LogP contribution >= 0.6 is 0 Å². The topological polar surface area (TPSA) is 66.0 Å². The summed E-state index contributed by atoms with van der Waals surface area (Å²) in [6, 6.07) is 14.3. The summed E-state index contributed by atoms with van der Waals surface area (Å²) < 4.78 is 21.4. The van der Waals surface area contributed by atoms with Gasteiger partial charge in [-0.1, -0.05) is 12.1 Å². The fraction of sp³-hybridized carbons (Fsp3) is 0.350. The van der Waals surface area contributed by atoms with Gasteiger partial charge in [0.05, 0.1) is 18.8 Å². The summed E-state index contributed by atoms with van der Waals surface area (Å²) in [5.41, 5.74) is 1.15. The second kappa shape index (κ2) is 11.1. The molecular weight excluding hydrogens is 334 g/mol. The van der Waals surface area contributed by atoms with Crippen LogP contribution in [-0.2, 0) is 9.47 Å². The first-order valence-corrected chi connectivity index (χ1v) is 8.57. The molecule has 0 spiro atoms. The van der Waals surface area contributed by atoms with E-state index in [0.29, 0.717) is 50.0 Å². The summed E-state index contributed by atoms with van der Waals surface area (Å²) in [6.45, 7) is 4.50. The molecule has 0 aliphatic heterocycles. The third-order valence-electron chi connectivity index (χ3n) is 3.49. The summed E-state index contributed by atoms with van der Waals surface area (Å²) in [4.78, 5) is 12.5. The zero-order valence-electron chi connectivity index (χ0n) is 15.2. The zero-order chi connectivity index (χ0) is 18.6. The zero-order valence-corrected chi connectivity index (χ0v) is 15.2. The molecule has 1 amide bonds. The fourth-order valence-electron chi connectivity index (χ4n) is 2.21. The molecule has 0 atom stereocenters. The quantitative estimate of drug-likeness (QED) is 0.623. The van der Waals surface area contributed by atoms with E-state index in [1.165, 1.54) is 0 Å². The average molecular weight is 359 g/mol. The summed E-state index contributed by atoms with van der Waals surface area (Å²) >= 11 is 0. The molecule has 0 aliphatic carbocycles. The Labute approximate surface area is 154 Å². The summed E-state index contributed by atoms with van der Waals surface area (Å²) in [7, 11) is 1.60. The molecule has 0 aliphatic rings. The van der Waals surface area contributed by atoms with Crippen LogP contribution in [0, 0.1) is 0 Å². The first-order chi connectivity index (χ1) is 12.7. The smallest absolute Gasteiger partial charge is 0.259 e. The molecule has 26 heavy (non-hydrogen) atoms. The normalized spacial score (nSPS) is 10.4. The van der Waals surface area contributed by atoms with E-state index in [4.69, 9.17) is 18.9 Å². The largest absolute Gasteiger partial charge is 0.491 e. The molecule has 6 heteroatoms. The van der Waals surface area contributed by atoms with Gasteiger partial charge in [0.2, 0.25) is 0 Å². The maximum Gasteiger partial charge on any atom is 0.259 e. The van der Waals surface area contributed by atoms with E-state index < -0.39 is 0 Å². The highest BCUT2D eigenvalue weighted by Gasteiger charge is 2.12. The minimum absolute atomic E-state index is 0.233. The van der Waals surface area contributed by atoms with Crippen LogP contribution < -0.4 is 14.8 Å². The van der Waals surface area contributed by atoms with Crippen molar-refractivity contribution in [1.29, 1.82) is 0 Å². The number of hydrogen-bond donors (Lipinski definition) is 1. The van der Waals surface area contributed by atoms with E-state index in [2.05, 4.69) is 5.32 Å². The Bertz CT molecular complexity index is 672. The maximum atomic E-state index is 12.5. The van der Waals surface area contributed by atoms with Crippen molar-refractivity contribution in [3.8, 4) is 11.5 Å². The number of amides is 1. The maximum absolute atomic E-state index is 12.5. The Morgan fingerprint density at radius 1 is 0.923 bits per heavy atom. The summed E-state index contributed by atoms with van der Waals surface area (Å²) in [6.07, 6.45) is 0. The van der Waals surface area contributed by atoms with Crippen LogP contribution in [0.4, 0.5) is 5.69 Å². The van der Waals surface area contributed by atoms with Crippen molar-refractivity contribution in [1.82, 2.24) is 0 Å². The predicted molar refractivity (Wildman–Crippen MR) is 100 cm³/mol. The highest BCUT2D eigenvalue weighted by atomic mass is 16.5. The first kappa shape index (κ1) is 19.8. The van der Waals surface area contributed by atoms with E-state index in [-0.39, 0.29) is 5.91 Å². The Balaban J connectivity index is 1.93. The molecular formula is C20H25NO5. The highest BCUT2D eigenvalue weighted by Crippen LogP contribution is 2.21. The third kappa shape index (κ3) is 6.38. The van der Waals surface area contributed by atoms with Crippen molar-refractivity contribution in [3.05, 3.63) is 54.1 Å². The third-order valence-corrected chi connectivity index (χ3v) is 3.49. The lowest BCUT2D eigenvalue weighted by atomic mass is 10.2. The SMILES string of the molecule is CCOCCOc1ccc(NC(=O)c2ccccc2OCCOC)cc1. The molecule has 0 radical (unpaired) electrons. The number of para-hydroxylation sites is 1. The van der Waals surface area contributed by atoms with Gasteiger partial charge in [0.25, 0.3) is 5.91 Å². The number of nitrogens with one attached hydrogen (secondary N) is 1.